The van der Waals surface area contributed by atoms with Gasteiger partial charge in [-0.15, -0.1) is 0 Å². The van der Waals surface area contributed by atoms with Crippen LogP contribution < -0.4 is 5.32 Å². The van der Waals surface area contributed by atoms with E-state index in [0.29, 0.717) is 29.5 Å². The third kappa shape index (κ3) is 3.83. The highest BCUT2D eigenvalue weighted by molar-refractivity contribution is 6.05. The molecular formula is C19H24N2O4. The number of carbonyl (C=O) groups excluding carboxylic acids is 2. The van der Waals surface area contributed by atoms with Gasteiger partial charge in [0.25, 0.3) is 5.91 Å². The van der Waals surface area contributed by atoms with E-state index >= 15 is 0 Å². The molecule has 2 fully saturated rings. The standard InChI is InChI=1S/C19H24N2O4/c1-11-7-12(2)10-21(9-11)18(23)13-5-3-4-6-16(13)20-17(22)14-8-15(14)19(24)25/h3-6,11-12,14-15H,7-10H2,1-2H3,(H,20,22)(H,24,25). The van der Waals surface area contributed by atoms with Crippen molar-refractivity contribution in [1.82, 2.24) is 4.90 Å². The molecule has 1 aromatic rings. The van der Waals surface area contributed by atoms with Crippen molar-refractivity contribution >= 4 is 23.5 Å². The third-order valence-corrected chi connectivity index (χ3v) is 5.02. The zero-order chi connectivity index (χ0) is 18.1. The summed E-state index contributed by atoms with van der Waals surface area (Å²) in [4.78, 5) is 38.0. The van der Waals surface area contributed by atoms with Crippen LogP contribution in [0.4, 0.5) is 5.69 Å². The van der Waals surface area contributed by atoms with Gasteiger partial charge in [-0.25, -0.2) is 0 Å². The van der Waals surface area contributed by atoms with E-state index in [4.69, 9.17) is 5.11 Å². The Balaban J connectivity index is 1.73. The van der Waals surface area contributed by atoms with Crippen LogP contribution in [0.3, 0.4) is 0 Å². The molecule has 2 N–H and O–H groups in total. The number of carboxylic acid groups (broad SMARTS) is 1. The van der Waals surface area contributed by atoms with E-state index in [2.05, 4.69) is 19.2 Å². The van der Waals surface area contributed by atoms with Crippen molar-refractivity contribution in [3.63, 3.8) is 0 Å². The first-order valence-corrected chi connectivity index (χ1v) is 8.78. The molecule has 0 aromatic heterocycles. The van der Waals surface area contributed by atoms with Crippen molar-refractivity contribution in [2.75, 3.05) is 18.4 Å². The second-order valence-corrected chi connectivity index (χ2v) is 7.48. The van der Waals surface area contributed by atoms with Gasteiger partial charge in [0.05, 0.1) is 23.1 Å². The monoisotopic (exact) mass is 344 g/mol. The summed E-state index contributed by atoms with van der Waals surface area (Å²) in [6.07, 6.45) is 1.47. The summed E-state index contributed by atoms with van der Waals surface area (Å²) < 4.78 is 0. The molecule has 3 rings (SSSR count). The zero-order valence-electron chi connectivity index (χ0n) is 14.6. The molecule has 1 heterocycles. The number of nitrogens with zero attached hydrogens (tertiary/aromatic N) is 1. The molecule has 1 aromatic carbocycles. The molecule has 1 saturated carbocycles. The number of likely N-dealkylation sites (tertiary alicyclic amines) is 1. The second-order valence-electron chi connectivity index (χ2n) is 7.48. The van der Waals surface area contributed by atoms with E-state index in [0.717, 1.165) is 19.5 Å². The van der Waals surface area contributed by atoms with E-state index < -0.39 is 17.8 Å². The minimum atomic E-state index is -0.944. The lowest BCUT2D eigenvalue weighted by atomic mass is 9.91. The Hall–Kier alpha value is -2.37. The third-order valence-electron chi connectivity index (χ3n) is 5.02. The largest absolute Gasteiger partial charge is 0.481 e. The normalized spacial score (nSPS) is 28.3. The highest BCUT2D eigenvalue weighted by Crippen LogP contribution is 2.39. The van der Waals surface area contributed by atoms with Crippen LogP contribution in [0.1, 0.15) is 37.0 Å². The molecule has 2 amide bonds. The van der Waals surface area contributed by atoms with Crippen molar-refractivity contribution in [3.05, 3.63) is 29.8 Å². The SMILES string of the molecule is CC1CC(C)CN(C(=O)c2ccccc2NC(=O)C2CC2C(=O)O)C1. The predicted octanol–water partition coefficient (Wildman–Crippen LogP) is 2.46. The van der Waals surface area contributed by atoms with Crippen molar-refractivity contribution in [3.8, 4) is 0 Å². The predicted molar refractivity (Wildman–Crippen MR) is 93.2 cm³/mol. The molecule has 25 heavy (non-hydrogen) atoms. The molecule has 0 spiro atoms. The van der Waals surface area contributed by atoms with Gasteiger partial charge in [-0.05, 0) is 36.8 Å². The average molecular weight is 344 g/mol. The number of anilines is 1. The van der Waals surface area contributed by atoms with Gasteiger partial charge in [-0.3, -0.25) is 14.4 Å². The van der Waals surface area contributed by atoms with Crippen LogP contribution in [0.5, 0.6) is 0 Å². The minimum absolute atomic E-state index is 0.0834. The number of amides is 2. The summed E-state index contributed by atoms with van der Waals surface area (Å²) in [5.41, 5.74) is 0.920. The number of nitrogens with one attached hydrogen (secondary N) is 1. The molecule has 6 heteroatoms. The Labute approximate surface area is 147 Å². The van der Waals surface area contributed by atoms with Gasteiger partial charge in [0.15, 0.2) is 0 Å². The van der Waals surface area contributed by atoms with E-state index in [1.165, 1.54) is 0 Å². The van der Waals surface area contributed by atoms with Crippen molar-refractivity contribution in [1.29, 1.82) is 0 Å². The maximum absolute atomic E-state index is 12.9. The fourth-order valence-corrected chi connectivity index (χ4v) is 3.76. The van der Waals surface area contributed by atoms with Gasteiger partial charge >= 0.3 is 5.97 Å². The summed E-state index contributed by atoms with van der Waals surface area (Å²) in [6, 6.07) is 6.94. The van der Waals surface area contributed by atoms with E-state index in [9.17, 15) is 14.4 Å². The minimum Gasteiger partial charge on any atom is -0.481 e. The number of carbonyl (C=O) groups is 3. The number of piperidine rings is 1. The molecule has 4 unspecified atom stereocenters. The quantitative estimate of drug-likeness (QED) is 0.878. The first kappa shape index (κ1) is 17.5. The molecule has 1 aliphatic carbocycles. The van der Waals surface area contributed by atoms with Crippen molar-refractivity contribution in [2.45, 2.75) is 26.7 Å². The Bertz CT molecular complexity index is 692. The van der Waals surface area contributed by atoms with Gasteiger partial charge in [-0.2, -0.15) is 0 Å². The highest BCUT2D eigenvalue weighted by Gasteiger charge is 2.48. The van der Waals surface area contributed by atoms with Crippen LogP contribution >= 0.6 is 0 Å². The number of rotatable bonds is 4. The molecule has 6 nitrogen and oxygen atoms in total. The summed E-state index contributed by atoms with van der Waals surface area (Å²) in [5.74, 6) is -1.55. The smallest absolute Gasteiger partial charge is 0.307 e. The number of benzene rings is 1. The Morgan fingerprint density at radius 2 is 1.68 bits per heavy atom. The maximum atomic E-state index is 12.9. The van der Waals surface area contributed by atoms with Crippen LogP contribution in [-0.2, 0) is 9.59 Å². The maximum Gasteiger partial charge on any atom is 0.307 e. The fraction of sp³-hybridized carbons (Fsp3) is 0.526. The number of hydrogen-bond donors (Lipinski definition) is 2. The summed E-state index contributed by atoms with van der Waals surface area (Å²) in [6.45, 7) is 5.72. The summed E-state index contributed by atoms with van der Waals surface area (Å²) >= 11 is 0. The van der Waals surface area contributed by atoms with Crippen molar-refractivity contribution < 1.29 is 19.5 Å². The van der Waals surface area contributed by atoms with Gasteiger partial charge in [0.2, 0.25) is 5.91 Å². The Kier molecular flexibility index (Phi) is 4.79. The zero-order valence-corrected chi connectivity index (χ0v) is 14.6. The fourth-order valence-electron chi connectivity index (χ4n) is 3.76. The number of aliphatic carboxylic acids is 1. The number of carboxylic acids is 1. The first-order valence-electron chi connectivity index (χ1n) is 8.78. The van der Waals surface area contributed by atoms with Crippen LogP contribution in [0.2, 0.25) is 0 Å². The molecule has 2 aliphatic rings. The summed E-state index contributed by atoms with van der Waals surface area (Å²) in [5, 5.41) is 11.7. The topological polar surface area (TPSA) is 86.7 Å². The number of hydrogen-bond acceptors (Lipinski definition) is 3. The molecule has 0 bridgehead atoms. The van der Waals surface area contributed by atoms with E-state index in [1.54, 1.807) is 24.3 Å². The highest BCUT2D eigenvalue weighted by atomic mass is 16.4. The van der Waals surface area contributed by atoms with E-state index in [1.807, 2.05) is 4.90 Å². The molecule has 1 aliphatic heterocycles. The average Bonchev–Trinajstić information content (AvgIpc) is 3.35. The van der Waals surface area contributed by atoms with Crippen molar-refractivity contribution in [2.24, 2.45) is 23.7 Å². The first-order chi connectivity index (χ1) is 11.9. The molecule has 1 saturated heterocycles. The molecular weight excluding hydrogens is 320 g/mol. The number of para-hydroxylation sites is 1. The van der Waals surface area contributed by atoms with Gasteiger partial charge in [0.1, 0.15) is 0 Å². The van der Waals surface area contributed by atoms with Gasteiger partial charge in [-0.1, -0.05) is 26.0 Å². The molecule has 4 atom stereocenters. The van der Waals surface area contributed by atoms with Crippen LogP contribution in [-0.4, -0.2) is 40.9 Å². The van der Waals surface area contributed by atoms with E-state index in [-0.39, 0.29) is 11.8 Å². The lowest BCUT2D eigenvalue weighted by Crippen LogP contribution is -2.42. The van der Waals surface area contributed by atoms with Crippen LogP contribution in [0.15, 0.2) is 24.3 Å². The lowest BCUT2D eigenvalue weighted by molar-refractivity contribution is -0.139. The van der Waals surface area contributed by atoms with Gasteiger partial charge in [0, 0.05) is 13.1 Å². The van der Waals surface area contributed by atoms with Crippen LogP contribution in [0, 0.1) is 23.7 Å². The lowest BCUT2D eigenvalue weighted by Gasteiger charge is -2.35. The van der Waals surface area contributed by atoms with Gasteiger partial charge < -0.3 is 15.3 Å². The molecule has 134 valence electrons. The Morgan fingerprint density at radius 3 is 2.28 bits per heavy atom. The summed E-state index contributed by atoms with van der Waals surface area (Å²) in [7, 11) is 0. The molecule has 0 radical (unpaired) electrons. The Morgan fingerprint density at radius 1 is 1.04 bits per heavy atom. The second kappa shape index (κ2) is 6.86. The van der Waals surface area contributed by atoms with Crippen LogP contribution in [0.25, 0.3) is 0 Å².